The van der Waals surface area contributed by atoms with Crippen molar-refractivity contribution in [2.24, 2.45) is 5.92 Å². The summed E-state index contributed by atoms with van der Waals surface area (Å²) in [5.41, 5.74) is 1.17. The highest BCUT2D eigenvalue weighted by atomic mass is 35.5. The van der Waals surface area contributed by atoms with Crippen molar-refractivity contribution in [2.45, 2.75) is 31.8 Å². The van der Waals surface area contributed by atoms with E-state index in [0.29, 0.717) is 5.75 Å². The SMILES string of the molecule is COC(=O)C(CCO)Oc1ccc(N2CCN(CCC3CCNCC3)CC2)cc1.Cl.Cl. The molecule has 31 heavy (non-hydrogen) atoms. The van der Waals surface area contributed by atoms with Gasteiger partial charge in [0.1, 0.15) is 5.75 Å². The van der Waals surface area contributed by atoms with Gasteiger partial charge >= 0.3 is 5.97 Å². The molecule has 0 spiro atoms. The van der Waals surface area contributed by atoms with Crippen LogP contribution in [0.3, 0.4) is 0 Å². The van der Waals surface area contributed by atoms with Crippen molar-refractivity contribution in [3.8, 4) is 5.75 Å². The smallest absolute Gasteiger partial charge is 0.347 e. The standard InChI is InChI=1S/C22H35N3O4.2ClH/c1-28-22(27)21(9-17-26)29-20-4-2-19(3-5-20)25-15-13-24(14-16-25)12-8-18-6-10-23-11-7-18;;/h2-5,18,21,23,26H,6-17H2,1H3;2*1H. The maximum absolute atomic E-state index is 11.7. The summed E-state index contributed by atoms with van der Waals surface area (Å²) in [6.45, 7) is 7.71. The predicted octanol–water partition coefficient (Wildman–Crippen LogP) is 2.34. The van der Waals surface area contributed by atoms with E-state index in [1.165, 1.54) is 51.7 Å². The Hall–Kier alpha value is -1.25. The summed E-state index contributed by atoms with van der Waals surface area (Å²) in [6, 6.07) is 7.83. The summed E-state index contributed by atoms with van der Waals surface area (Å²) in [6.07, 6.45) is 3.41. The second-order valence-electron chi connectivity index (χ2n) is 7.95. The van der Waals surface area contributed by atoms with Crippen LogP contribution in [0.4, 0.5) is 5.69 Å². The van der Waals surface area contributed by atoms with Gasteiger partial charge in [-0.2, -0.15) is 0 Å². The minimum absolute atomic E-state index is 0. The molecule has 0 amide bonds. The molecule has 0 bridgehead atoms. The molecule has 2 heterocycles. The Morgan fingerprint density at radius 2 is 1.77 bits per heavy atom. The fourth-order valence-electron chi connectivity index (χ4n) is 4.14. The summed E-state index contributed by atoms with van der Waals surface area (Å²) < 4.78 is 10.4. The van der Waals surface area contributed by atoms with Crippen molar-refractivity contribution in [3.05, 3.63) is 24.3 Å². The molecule has 2 fully saturated rings. The fraction of sp³-hybridized carbons (Fsp3) is 0.682. The number of anilines is 1. The maximum Gasteiger partial charge on any atom is 0.347 e. The lowest BCUT2D eigenvalue weighted by Crippen LogP contribution is -2.47. The minimum Gasteiger partial charge on any atom is -0.479 e. The largest absolute Gasteiger partial charge is 0.479 e. The molecule has 2 N–H and O–H groups in total. The Kier molecular flexibility index (Phi) is 13.2. The summed E-state index contributed by atoms with van der Waals surface area (Å²) >= 11 is 0. The molecular formula is C22H37Cl2N3O4. The van der Waals surface area contributed by atoms with Crippen LogP contribution in [0.5, 0.6) is 5.75 Å². The molecule has 0 aromatic heterocycles. The Labute approximate surface area is 198 Å². The third-order valence-electron chi connectivity index (χ3n) is 6.02. The first kappa shape index (κ1) is 27.8. The van der Waals surface area contributed by atoms with Crippen molar-refractivity contribution in [2.75, 3.05) is 64.4 Å². The van der Waals surface area contributed by atoms with Gasteiger partial charge in [-0.1, -0.05) is 0 Å². The van der Waals surface area contributed by atoms with Gasteiger partial charge in [0.25, 0.3) is 0 Å². The number of ether oxygens (including phenoxy) is 2. The zero-order chi connectivity index (χ0) is 20.5. The van der Waals surface area contributed by atoms with E-state index in [1.807, 2.05) is 24.3 Å². The van der Waals surface area contributed by atoms with Crippen LogP contribution in [0.2, 0.25) is 0 Å². The number of rotatable bonds is 9. The van der Waals surface area contributed by atoms with E-state index >= 15 is 0 Å². The number of benzene rings is 1. The van der Waals surface area contributed by atoms with Gasteiger partial charge in [-0.3, -0.25) is 4.90 Å². The Balaban J connectivity index is 0.00000240. The number of piperidine rings is 1. The number of nitrogens with one attached hydrogen (secondary N) is 1. The molecule has 1 atom stereocenters. The molecule has 9 heteroatoms. The van der Waals surface area contributed by atoms with Gasteiger partial charge < -0.3 is 24.8 Å². The molecule has 1 aromatic rings. The number of esters is 1. The van der Waals surface area contributed by atoms with Gasteiger partial charge in [-0.05, 0) is 69.1 Å². The Morgan fingerprint density at radius 1 is 1.13 bits per heavy atom. The lowest BCUT2D eigenvalue weighted by molar-refractivity contribution is -0.149. The molecule has 2 aliphatic rings. The van der Waals surface area contributed by atoms with Crippen LogP contribution >= 0.6 is 24.8 Å². The average molecular weight is 478 g/mol. The van der Waals surface area contributed by atoms with E-state index in [2.05, 4.69) is 15.1 Å². The van der Waals surface area contributed by atoms with Crippen molar-refractivity contribution in [3.63, 3.8) is 0 Å². The number of methoxy groups -OCH3 is 1. The number of nitrogens with zero attached hydrogens (tertiary/aromatic N) is 2. The molecule has 2 saturated heterocycles. The number of piperazine rings is 1. The zero-order valence-electron chi connectivity index (χ0n) is 18.3. The number of carbonyl (C=O) groups is 1. The molecule has 1 aromatic carbocycles. The highest BCUT2D eigenvalue weighted by molar-refractivity contribution is 5.85. The maximum atomic E-state index is 11.7. The number of hydrogen-bond donors (Lipinski definition) is 2. The second-order valence-corrected chi connectivity index (χ2v) is 7.95. The Bertz CT molecular complexity index is 622. The highest BCUT2D eigenvalue weighted by Gasteiger charge is 2.22. The lowest BCUT2D eigenvalue weighted by atomic mass is 9.94. The van der Waals surface area contributed by atoms with Crippen LogP contribution in [0.15, 0.2) is 24.3 Å². The summed E-state index contributed by atoms with van der Waals surface area (Å²) in [4.78, 5) is 16.7. The lowest BCUT2D eigenvalue weighted by Gasteiger charge is -2.37. The predicted molar refractivity (Wildman–Crippen MR) is 128 cm³/mol. The van der Waals surface area contributed by atoms with Gasteiger partial charge in [0.05, 0.1) is 7.11 Å². The molecule has 3 rings (SSSR count). The fourth-order valence-corrected chi connectivity index (χ4v) is 4.14. The normalized spacial score (nSPS) is 18.5. The number of carbonyl (C=O) groups excluding carboxylic acids is 1. The van der Waals surface area contributed by atoms with E-state index in [9.17, 15) is 4.79 Å². The van der Waals surface area contributed by atoms with Gasteiger partial charge in [-0.25, -0.2) is 4.79 Å². The molecule has 1 unspecified atom stereocenters. The van der Waals surface area contributed by atoms with E-state index in [0.717, 1.165) is 32.1 Å². The quantitative estimate of drug-likeness (QED) is 0.528. The summed E-state index contributed by atoms with van der Waals surface area (Å²) in [5, 5.41) is 12.5. The van der Waals surface area contributed by atoms with Crippen LogP contribution in [0.25, 0.3) is 0 Å². The number of halogens is 2. The van der Waals surface area contributed by atoms with Crippen molar-refractivity contribution in [1.82, 2.24) is 10.2 Å². The van der Waals surface area contributed by atoms with E-state index in [4.69, 9.17) is 14.6 Å². The third-order valence-corrected chi connectivity index (χ3v) is 6.02. The van der Waals surface area contributed by atoms with Crippen LogP contribution < -0.4 is 15.0 Å². The van der Waals surface area contributed by atoms with E-state index < -0.39 is 12.1 Å². The number of aliphatic hydroxyl groups is 1. The summed E-state index contributed by atoms with van der Waals surface area (Å²) in [5.74, 6) is 1.03. The third kappa shape index (κ3) is 8.66. The molecule has 0 radical (unpaired) electrons. The van der Waals surface area contributed by atoms with Gasteiger partial charge in [-0.15, -0.1) is 24.8 Å². The average Bonchev–Trinajstić information content (AvgIpc) is 2.78. The van der Waals surface area contributed by atoms with Crippen molar-refractivity contribution < 1.29 is 19.4 Å². The van der Waals surface area contributed by atoms with Gasteiger partial charge in [0, 0.05) is 44.9 Å². The minimum atomic E-state index is -0.778. The van der Waals surface area contributed by atoms with Crippen molar-refractivity contribution in [1.29, 1.82) is 0 Å². The number of hydrogen-bond acceptors (Lipinski definition) is 7. The van der Waals surface area contributed by atoms with Gasteiger partial charge in [0.2, 0.25) is 0 Å². The number of aliphatic hydroxyl groups excluding tert-OH is 1. The first-order valence-corrected chi connectivity index (χ1v) is 10.8. The van der Waals surface area contributed by atoms with Crippen LogP contribution in [-0.2, 0) is 9.53 Å². The molecule has 0 saturated carbocycles. The van der Waals surface area contributed by atoms with Gasteiger partial charge in [0.15, 0.2) is 6.10 Å². The van der Waals surface area contributed by atoms with E-state index in [-0.39, 0.29) is 37.8 Å². The first-order valence-electron chi connectivity index (χ1n) is 10.8. The topological polar surface area (TPSA) is 74.3 Å². The van der Waals surface area contributed by atoms with Crippen LogP contribution in [0, 0.1) is 5.92 Å². The molecule has 7 nitrogen and oxygen atoms in total. The molecule has 178 valence electrons. The van der Waals surface area contributed by atoms with Crippen LogP contribution in [-0.4, -0.2) is 81.6 Å². The molecule has 0 aliphatic carbocycles. The molecular weight excluding hydrogens is 441 g/mol. The van der Waals surface area contributed by atoms with Crippen LogP contribution in [0.1, 0.15) is 25.7 Å². The molecule has 2 aliphatic heterocycles. The summed E-state index contributed by atoms with van der Waals surface area (Å²) in [7, 11) is 1.32. The zero-order valence-corrected chi connectivity index (χ0v) is 20.0. The highest BCUT2D eigenvalue weighted by Crippen LogP contribution is 2.23. The first-order chi connectivity index (χ1) is 14.2. The second kappa shape index (κ2) is 14.7. The van der Waals surface area contributed by atoms with E-state index in [1.54, 1.807) is 0 Å². The van der Waals surface area contributed by atoms with Crippen molar-refractivity contribution >= 4 is 36.5 Å². The Morgan fingerprint density at radius 3 is 2.35 bits per heavy atom. The monoisotopic (exact) mass is 477 g/mol.